The van der Waals surface area contributed by atoms with Gasteiger partial charge < -0.3 is 4.90 Å². The summed E-state index contributed by atoms with van der Waals surface area (Å²) in [5.74, 6) is -0.286. The molecule has 1 fully saturated rings. The Morgan fingerprint density at radius 1 is 1.11 bits per heavy atom. The second-order valence-electron chi connectivity index (χ2n) is 4.66. The van der Waals surface area contributed by atoms with Crippen molar-refractivity contribution in [3.05, 3.63) is 29.0 Å². The van der Waals surface area contributed by atoms with Gasteiger partial charge in [-0.2, -0.15) is 0 Å². The summed E-state index contributed by atoms with van der Waals surface area (Å²) in [5.41, 5.74) is 0.630. The van der Waals surface area contributed by atoms with Gasteiger partial charge in [0, 0.05) is 13.0 Å². The van der Waals surface area contributed by atoms with Gasteiger partial charge in [0.15, 0.2) is 0 Å². The standard InChI is InChI=1S/C14H17ClFNO/c15-12-10-11(16)7-8-13(12)17-9-5-3-1-2-4-6-14(17)18/h7-8,10H,1-6,9H2. The Bertz CT molecular complexity index is 436. The minimum atomic E-state index is -0.375. The third kappa shape index (κ3) is 3.22. The summed E-state index contributed by atoms with van der Waals surface area (Å²) in [6, 6.07) is 4.20. The van der Waals surface area contributed by atoms with Crippen molar-refractivity contribution in [1.82, 2.24) is 0 Å². The molecule has 1 amide bonds. The molecule has 0 atom stereocenters. The molecular weight excluding hydrogens is 253 g/mol. The van der Waals surface area contributed by atoms with Gasteiger partial charge in [-0.05, 0) is 31.0 Å². The third-order valence-corrected chi connectivity index (χ3v) is 3.58. The Balaban J connectivity index is 2.23. The van der Waals surface area contributed by atoms with Gasteiger partial charge in [-0.25, -0.2) is 4.39 Å². The maximum atomic E-state index is 13.0. The quantitative estimate of drug-likeness (QED) is 0.749. The summed E-state index contributed by atoms with van der Waals surface area (Å²) in [6.45, 7) is 0.671. The van der Waals surface area contributed by atoms with E-state index in [-0.39, 0.29) is 11.7 Å². The minimum absolute atomic E-state index is 0.0883. The number of hydrogen-bond donors (Lipinski definition) is 0. The summed E-state index contributed by atoms with van der Waals surface area (Å²) in [6.07, 6.45) is 5.86. The van der Waals surface area contributed by atoms with Crippen LogP contribution in [0.1, 0.15) is 38.5 Å². The molecule has 1 aromatic carbocycles. The van der Waals surface area contributed by atoms with Gasteiger partial charge in [0.1, 0.15) is 5.82 Å². The zero-order valence-corrected chi connectivity index (χ0v) is 11.0. The number of rotatable bonds is 1. The van der Waals surface area contributed by atoms with Crippen LogP contribution in [-0.4, -0.2) is 12.5 Å². The SMILES string of the molecule is O=C1CCCCCCCN1c1ccc(F)cc1Cl. The lowest BCUT2D eigenvalue weighted by Gasteiger charge is -2.23. The lowest BCUT2D eigenvalue weighted by Crippen LogP contribution is -2.31. The molecule has 4 heteroatoms. The van der Waals surface area contributed by atoms with E-state index in [9.17, 15) is 9.18 Å². The van der Waals surface area contributed by atoms with Crippen LogP contribution in [0, 0.1) is 5.82 Å². The molecule has 0 spiro atoms. The lowest BCUT2D eigenvalue weighted by molar-refractivity contribution is -0.118. The first-order valence-corrected chi connectivity index (χ1v) is 6.82. The smallest absolute Gasteiger partial charge is 0.227 e. The minimum Gasteiger partial charge on any atom is -0.311 e. The van der Waals surface area contributed by atoms with Gasteiger partial charge in [0.25, 0.3) is 0 Å². The average Bonchev–Trinajstić information content (AvgIpc) is 2.42. The second kappa shape index (κ2) is 6.19. The number of anilines is 1. The topological polar surface area (TPSA) is 20.3 Å². The number of hydrogen-bond acceptors (Lipinski definition) is 1. The summed E-state index contributed by atoms with van der Waals surface area (Å²) >= 11 is 6.03. The second-order valence-corrected chi connectivity index (χ2v) is 5.07. The van der Waals surface area contributed by atoms with Crippen LogP contribution in [0.2, 0.25) is 5.02 Å². The summed E-state index contributed by atoms with van der Waals surface area (Å²) in [5, 5.41) is 0.308. The van der Waals surface area contributed by atoms with Crippen LogP contribution >= 0.6 is 11.6 Å². The van der Waals surface area contributed by atoms with Crippen molar-refractivity contribution in [3.63, 3.8) is 0 Å². The highest BCUT2D eigenvalue weighted by atomic mass is 35.5. The molecule has 0 unspecified atom stereocenters. The molecule has 1 aromatic rings. The van der Waals surface area contributed by atoms with Crippen LogP contribution in [0.5, 0.6) is 0 Å². The fourth-order valence-corrected chi connectivity index (χ4v) is 2.56. The first-order valence-electron chi connectivity index (χ1n) is 6.44. The Morgan fingerprint density at radius 2 is 1.83 bits per heavy atom. The molecule has 0 aliphatic carbocycles. The summed E-state index contributed by atoms with van der Waals surface area (Å²) < 4.78 is 13.0. The van der Waals surface area contributed by atoms with Gasteiger partial charge in [-0.3, -0.25) is 4.79 Å². The lowest BCUT2D eigenvalue weighted by atomic mass is 10.1. The fraction of sp³-hybridized carbons (Fsp3) is 0.500. The van der Waals surface area contributed by atoms with E-state index < -0.39 is 0 Å². The van der Waals surface area contributed by atoms with Gasteiger partial charge in [-0.15, -0.1) is 0 Å². The maximum absolute atomic E-state index is 13.0. The molecule has 0 N–H and O–H groups in total. The molecule has 2 rings (SSSR count). The van der Waals surface area contributed by atoms with Crippen molar-refractivity contribution in [2.75, 3.05) is 11.4 Å². The van der Waals surface area contributed by atoms with E-state index in [1.807, 2.05) is 0 Å². The highest BCUT2D eigenvalue weighted by molar-refractivity contribution is 6.33. The van der Waals surface area contributed by atoms with Crippen LogP contribution < -0.4 is 4.90 Å². The molecule has 2 nitrogen and oxygen atoms in total. The van der Waals surface area contributed by atoms with E-state index in [0.29, 0.717) is 23.7 Å². The van der Waals surface area contributed by atoms with Gasteiger partial charge in [0.05, 0.1) is 10.7 Å². The molecule has 18 heavy (non-hydrogen) atoms. The van der Waals surface area contributed by atoms with Crippen molar-refractivity contribution in [2.24, 2.45) is 0 Å². The normalized spacial score (nSPS) is 18.1. The zero-order chi connectivity index (χ0) is 13.0. The van der Waals surface area contributed by atoms with Crippen LogP contribution in [0.4, 0.5) is 10.1 Å². The van der Waals surface area contributed by atoms with E-state index in [4.69, 9.17) is 11.6 Å². The Labute approximate surface area is 112 Å². The molecular formula is C14H17ClFNO. The van der Waals surface area contributed by atoms with Crippen molar-refractivity contribution < 1.29 is 9.18 Å². The number of benzene rings is 1. The van der Waals surface area contributed by atoms with Gasteiger partial charge in [-0.1, -0.05) is 30.9 Å². The molecule has 1 saturated heterocycles. The van der Waals surface area contributed by atoms with Crippen LogP contribution in [0.3, 0.4) is 0 Å². The Kier molecular flexibility index (Phi) is 4.59. The number of nitrogens with zero attached hydrogens (tertiary/aromatic N) is 1. The average molecular weight is 270 g/mol. The first kappa shape index (κ1) is 13.3. The van der Waals surface area contributed by atoms with Crippen molar-refractivity contribution in [1.29, 1.82) is 0 Å². The zero-order valence-electron chi connectivity index (χ0n) is 10.3. The number of carbonyl (C=O) groups excluding carboxylic acids is 1. The molecule has 0 aromatic heterocycles. The van der Waals surface area contributed by atoms with E-state index in [1.165, 1.54) is 18.6 Å². The van der Waals surface area contributed by atoms with E-state index >= 15 is 0 Å². The Hall–Kier alpha value is -1.09. The van der Waals surface area contributed by atoms with Crippen molar-refractivity contribution >= 4 is 23.2 Å². The first-order chi connectivity index (χ1) is 8.68. The maximum Gasteiger partial charge on any atom is 0.227 e. The molecule has 0 saturated carbocycles. The molecule has 0 bridgehead atoms. The van der Waals surface area contributed by atoms with E-state index in [2.05, 4.69) is 0 Å². The highest BCUT2D eigenvalue weighted by Crippen LogP contribution is 2.28. The number of halogens is 2. The number of carbonyl (C=O) groups is 1. The van der Waals surface area contributed by atoms with E-state index in [0.717, 1.165) is 25.7 Å². The molecule has 98 valence electrons. The third-order valence-electron chi connectivity index (χ3n) is 3.27. The molecule has 1 aliphatic rings. The number of amides is 1. The van der Waals surface area contributed by atoms with Gasteiger partial charge in [0.2, 0.25) is 5.91 Å². The monoisotopic (exact) mass is 269 g/mol. The summed E-state index contributed by atoms with van der Waals surface area (Å²) in [4.78, 5) is 13.8. The summed E-state index contributed by atoms with van der Waals surface area (Å²) in [7, 11) is 0. The fourth-order valence-electron chi connectivity index (χ4n) is 2.29. The largest absolute Gasteiger partial charge is 0.311 e. The van der Waals surface area contributed by atoms with Gasteiger partial charge >= 0.3 is 0 Å². The van der Waals surface area contributed by atoms with E-state index in [1.54, 1.807) is 11.0 Å². The molecule has 1 aliphatic heterocycles. The van der Waals surface area contributed by atoms with Crippen LogP contribution in [0.15, 0.2) is 18.2 Å². The highest BCUT2D eigenvalue weighted by Gasteiger charge is 2.19. The molecule has 0 radical (unpaired) electrons. The van der Waals surface area contributed by atoms with Crippen molar-refractivity contribution in [2.45, 2.75) is 38.5 Å². The predicted octanol–water partition coefficient (Wildman–Crippen LogP) is 4.17. The molecule has 1 heterocycles. The van der Waals surface area contributed by atoms with Crippen LogP contribution in [-0.2, 0) is 4.79 Å². The predicted molar refractivity (Wildman–Crippen MR) is 71.5 cm³/mol. The Morgan fingerprint density at radius 3 is 2.61 bits per heavy atom. The van der Waals surface area contributed by atoms with Crippen LogP contribution in [0.25, 0.3) is 0 Å². The van der Waals surface area contributed by atoms with Crippen molar-refractivity contribution in [3.8, 4) is 0 Å².